The molecule has 1 amide bonds. The van der Waals surface area contributed by atoms with Gasteiger partial charge in [0, 0.05) is 36.7 Å². The van der Waals surface area contributed by atoms with Gasteiger partial charge in [0.2, 0.25) is 5.91 Å². The van der Waals surface area contributed by atoms with Crippen LogP contribution in [0.15, 0.2) is 30.5 Å². The molecule has 0 aliphatic heterocycles. The van der Waals surface area contributed by atoms with Gasteiger partial charge in [-0.15, -0.1) is 10.1 Å². The molecular weight excluding hydrogens is 372 g/mol. The van der Waals surface area contributed by atoms with Crippen molar-refractivity contribution in [3.8, 4) is 5.75 Å². The molecule has 11 heteroatoms. The maximum absolute atomic E-state index is 11.5. The van der Waals surface area contributed by atoms with Gasteiger partial charge in [-0.05, 0) is 18.2 Å². The molecule has 1 aromatic carbocycles. The normalized spacial score (nSPS) is 11.9. The summed E-state index contributed by atoms with van der Waals surface area (Å²) in [4.78, 5) is 28.5. The number of aromatic nitrogens is 1. The van der Waals surface area contributed by atoms with Gasteiger partial charge in [0.15, 0.2) is 0 Å². The number of hydrogen-bond acceptors (Lipinski definition) is 8. The first kappa shape index (κ1) is 21.4. The van der Waals surface area contributed by atoms with E-state index in [9.17, 15) is 20.0 Å². The lowest BCUT2D eigenvalue weighted by atomic mass is 10.2. The number of aromatic amines is 1. The molecule has 0 saturated heterocycles. The van der Waals surface area contributed by atoms with Gasteiger partial charge in [-0.1, -0.05) is 6.07 Å². The highest BCUT2D eigenvalue weighted by Crippen LogP contribution is 2.24. The van der Waals surface area contributed by atoms with Crippen LogP contribution in [0.3, 0.4) is 0 Å². The van der Waals surface area contributed by atoms with E-state index in [1.807, 2.05) is 30.5 Å². The second kappa shape index (κ2) is 11.7. The lowest BCUT2D eigenvalue weighted by Crippen LogP contribution is -2.38. The fourth-order valence-corrected chi connectivity index (χ4v) is 2.37. The monoisotopic (exact) mass is 396 g/mol. The zero-order valence-electron chi connectivity index (χ0n) is 15.3. The molecule has 1 atom stereocenters. The standard InChI is InChI=1S/C17H24N4O7/c22-13(11-27-16-3-1-2-15-14(16)4-5-19-15)10-18-6-7-20-17(23)12-26-8-9-28-21(24)25/h1-5,13,18-19,22H,6-12H2,(H,20,23). The van der Waals surface area contributed by atoms with Gasteiger partial charge in [-0.2, -0.15) is 0 Å². The molecule has 154 valence electrons. The average Bonchev–Trinajstić information content (AvgIpc) is 3.15. The predicted octanol–water partition coefficient (Wildman–Crippen LogP) is -0.162. The van der Waals surface area contributed by atoms with Crippen LogP contribution in [0.1, 0.15) is 0 Å². The summed E-state index contributed by atoms with van der Waals surface area (Å²) in [7, 11) is 0. The van der Waals surface area contributed by atoms with Gasteiger partial charge in [0.25, 0.3) is 5.09 Å². The number of carbonyl (C=O) groups is 1. The van der Waals surface area contributed by atoms with E-state index in [1.165, 1.54) is 0 Å². The molecule has 2 rings (SSSR count). The van der Waals surface area contributed by atoms with Crippen LogP contribution in [-0.2, 0) is 14.4 Å². The van der Waals surface area contributed by atoms with E-state index in [2.05, 4.69) is 20.5 Å². The molecular formula is C17H24N4O7. The smallest absolute Gasteiger partial charge is 0.294 e. The Morgan fingerprint density at radius 1 is 1.29 bits per heavy atom. The molecule has 0 spiro atoms. The number of nitrogens with one attached hydrogen (secondary N) is 3. The third-order valence-corrected chi connectivity index (χ3v) is 3.65. The van der Waals surface area contributed by atoms with E-state index < -0.39 is 11.2 Å². The van der Waals surface area contributed by atoms with E-state index >= 15 is 0 Å². The Balaban J connectivity index is 1.49. The minimum absolute atomic E-state index is 0.0463. The molecule has 1 aromatic heterocycles. The van der Waals surface area contributed by atoms with Crippen molar-refractivity contribution in [1.29, 1.82) is 0 Å². The third-order valence-electron chi connectivity index (χ3n) is 3.65. The highest BCUT2D eigenvalue weighted by molar-refractivity contribution is 5.85. The molecule has 0 fully saturated rings. The summed E-state index contributed by atoms with van der Waals surface area (Å²) in [5.74, 6) is 0.361. The van der Waals surface area contributed by atoms with E-state index in [1.54, 1.807) is 0 Å². The van der Waals surface area contributed by atoms with Gasteiger partial charge < -0.3 is 35.0 Å². The number of carbonyl (C=O) groups excluding carboxylic acids is 1. The number of aliphatic hydroxyl groups excluding tert-OH is 1. The Kier molecular flexibility index (Phi) is 8.98. The van der Waals surface area contributed by atoms with Crippen molar-refractivity contribution >= 4 is 16.8 Å². The van der Waals surface area contributed by atoms with Crippen LogP contribution in [0.25, 0.3) is 10.9 Å². The Hall–Kier alpha value is -2.89. The van der Waals surface area contributed by atoms with E-state index in [0.29, 0.717) is 25.4 Å². The molecule has 0 aliphatic rings. The fraction of sp³-hybridized carbons (Fsp3) is 0.471. The molecule has 0 aliphatic carbocycles. The van der Waals surface area contributed by atoms with E-state index in [0.717, 1.165) is 10.9 Å². The highest BCUT2D eigenvalue weighted by Gasteiger charge is 2.08. The summed E-state index contributed by atoms with van der Waals surface area (Å²) < 4.78 is 10.6. The molecule has 4 N–H and O–H groups in total. The minimum Gasteiger partial charge on any atom is -0.490 e. The van der Waals surface area contributed by atoms with Crippen molar-refractivity contribution in [3.05, 3.63) is 40.6 Å². The molecule has 0 radical (unpaired) electrons. The van der Waals surface area contributed by atoms with Crippen molar-refractivity contribution in [2.75, 3.05) is 46.1 Å². The number of H-pyrrole nitrogens is 1. The highest BCUT2D eigenvalue weighted by atomic mass is 17.0. The maximum atomic E-state index is 11.5. The Bertz CT molecular complexity index is 752. The minimum atomic E-state index is -0.921. The van der Waals surface area contributed by atoms with Crippen LogP contribution in [0.4, 0.5) is 0 Å². The maximum Gasteiger partial charge on any atom is 0.294 e. The summed E-state index contributed by atoms with van der Waals surface area (Å²) >= 11 is 0. The van der Waals surface area contributed by atoms with Crippen molar-refractivity contribution in [2.24, 2.45) is 0 Å². The average molecular weight is 396 g/mol. The van der Waals surface area contributed by atoms with E-state index in [-0.39, 0.29) is 32.3 Å². The molecule has 0 saturated carbocycles. The van der Waals surface area contributed by atoms with Gasteiger partial charge in [0.1, 0.15) is 31.7 Å². The number of ether oxygens (including phenoxy) is 2. The predicted molar refractivity (Wildman–Crippen MR) is 99.4 cm³/mol. The zero-order chi connectivity index (χ0) is 20.2. The van der Waals surface area contributed by atoms with Crippen LogP contribution in [0.5, 0.6) is 5.75 Å². The number of hydrogen-bond donors (Lipinski definition) is 4. The number of benzene rings is 1. The van der Waals surface area contributed by atoms with Crippen LogP contribution < -0.4 is 15.4 Å². The first-order chi connectivity index (χ1) is 13.6. The van der Waals surface area contributed by atoms with Gasteiger partial charge >= 0.3 is 0 Å². The Morgan fingerprint density at radius 3 is 2.96 bits per heavy atom. The first-order valence-electron chi connectivity index (χ1n) is 8.75. The second-order valence-electron chi connectivity index (χ2n) is 5.82. The molecule has 1 unspecified atom stereocenters. The van der Waals surface area contributed by atoms with Crippen molar-refractivity contribution in [2.45, 2.75) is 6.10 Å². The van der Waals surface area contributed by atoms with Crippen LogP contribution in [0.2, 0.25) is 0 Å². The quantitative estimate of drug-likeness (QED) is 0.196. The molecule has 1 heterocycles. The van der Waals surface area contributed by atoms with E-state index in [4.69, 9.17) is 9.47 Å². The number of nitrogens with zero attached hydrogens (tertiary/aromatic N) is 1. The van der Waals surface area contributed by atoms with Gasteiger partial charge in [-0.25, -0.2) is 0 Å². The number of fused-ring (bicyclic) bond motifs is 1. The van der Waals surface area contributed by atoms with Gasteiger partial charge in [0.05, 0.1) is 6.61 Å². The summed E-state index contributed by atoms with van der Waals surface area (Å²) in [5.41, 5.74) is 0.968. The Morgan fingerprint density at radius 2 is 2.14 bits per heavy atom. The number of rotatable bonds is 14. The molecule has 28 heavy (non-hydrogen) atoms. The SMILES string of the molecule is O=C(COCCO[N+](=O)[O-])NCCNCC(O)COc1cccc2[nH]ccc12. The molecule has 11 nitrogen and oxygen atoms in total. The van der Waals surface area contributed by atoms with Gasteiger partial charge in [-0.3, -0.25) is 4.79 Å². The Labute approximate surface area is 161 Å². The molecule has 0 bridgehead atoms. The lowest BCUT2D eigenvalue weighted by molar-refractivity contribution is -0.758. The lowest BCUT2D eigenvalue weighted by Gasteiger charge is -2.14. The topological polar surface area (TPSA) is 148 Å². The summed E-state index contributed by atoms with van der Waals surface area (Å²) in [6.45, 7) is 0.791. The van der Waals surface area contributed by atoms with Crippen molar-refractivity contribution in [3.63, 3.8) is 0 Å². The van der Waals surface area contributed by atoms with Crippen LogP contribution >= 0.6 is 0 Å². The summed E-state index contributed by atoms with van der Waals surface area (Å²) in [6, 6.07) is 7.58. The largest absolute Gasteiger partial charge is 0.490 e. The first-order valence-corrected chi connectivity index (χ1v) is 8.75. The van der Waals surface area contributed by atoms with Crippen LogP contribution in [0, 0.1) is 10.1 Å². The second-order valence-corrected chi connectivity index (χ2v) is 5.82. The number of aliphatic hydroxyl groups is 1. The summed E-state index contributed by atoms with van der Waals surface area (Å²) in [6.07, 6.45) is 1.13. The zero-order valence-corrected chi connectivity index (χ0v) is 15.3. The fourth-order valence-electron chi connectivity index (χ4n) is 2.37. The number of amides is 1. The van der Waals surface area contributed by atoms with Crippen molar-refractivity contribution < 1.29 is 29.3 Å². The molecule has 2 aromatic rings. The summed E-state index contributed by atoms with van der Waals surface area (Å²) in [5, 5.41) is 25.6. The van der Waals surface area contributed by atoms with Crippen LogP contribution in [-0.4, -0.2) is 73.3 Å². The third kappa shape index (κ3) is 7.78. The van der Waals surface area contributed by atoms with Crippen molar-refractivity contribution in [1.82, 2.24) is 15.6 Å².